The second kappa shape index (κ2) is 4.48. The number of hydrogen-bond donors (Lipinski definition) is 1. The average molecular weight is 315 g/mol. The van der Waals surface area contributed by atoms with Gasteiger partial charge in [-0.05, 0) is 36.5 Å². The molecule has 1 N–H and O–H groups in total. The van der Waals surface area contributed by atoms with Gasteiger partial charge in [0.15, 0.2) is 0 Å². The van der Waals surface area contributed by atoms with Crippen molar-refractivity contribution < 1.29 is 9.84 Å². The summed E-state index contributed by atoms with van der Waals surface area (Å²) in [5.74, 6) is 3.12. The number of fused-ring (bicyclic) bond motifs is 1. The van der Waals surface area contributed by atoms with Crippen LogP contribution in [0.2, 0.25) is 0 Å². The van der Waals surface area contributed by atoms with Gasteiger partial charge < -0.3 is 9.84 Å². The fourth-order valence-corrected chi connectivity index (χ4v) is 4.24. The molecule has 0 unspecified atom stereocenters. The minimum Gasteiger partial charge on any atom is -0.487 e. The Labute approximate surface area is 114 Å². The lowest BCUT2D eigenvalue weighted by atomic mass is 9.84. The Bertz CT molecular complexity index is 429. The number of halogens is 1. The highest BCUT2D eigenvalue weighted by Gasteiger charge is 2.41. The van der Waals surface area contributed by atoms with Crippen LogP contribution in [-0.2, 0) is 0 Å². The first-order valence-corrected chi connectivity index (χ1v) is 7.88. The maximum atomic E-state index is 10.3. The highest BCUT2D eigenvalue weighted by Crippen LogP contribution is 2.45. The summed E-state index contributed by atoms with van der Waals surface area (Å²) >= 11 is 5.43. The molecule has 0 aliphatic carbocycles. The van der Waals surface area contributed by atoms with E-state index in [4.69, 9.17) is 4.74 Å². The number of aliphatic hydroxyl groups excluding tert-OH is 1. The number of ether oxygens (including phenoxy) is 1. The van der Waals surface area contributed by atoms with Gasteiger partial charge in [-0.25, -0.2) is 0 Å². The standard InChI is InChI=1S/C13H15BrO2S/c14-9-1-2-10-11(15)8-13(16-12(10)7-9)3-5-17-6-4-13/h1-2,7,11,15H,3-6,8H2/t11-/m0/s1. The Morgan fingerprint density at radius 2 is 2.12 bits per heavy atom. The van der Waals surface area contributed by atoms with E-state index < -0.39 is 0 Å². The van der Waals surface area contributed by atoms with E-state index in [1.165, 1.54) is 0 Å². The first-order chi connectivity index (χ1) is 8.19. The van der Waals surface area contributed by atoms with E-state index in [0.717, 1.165) is 46.6 Å². The molecule has 3 rings (SSSR count). The molecule has 17 heavy (non-hydrogen) atoms. The number of hydrogen-bond acceptors (Lipinski definition) is 3. The third kappa shape index (κ3) is 2.23. The fraction of sp³-hybridized carbons (Fsp3) is 0.538. The molecule has 1 aromatic rings. The molecule has 1 atom stereocenters. The Hall–Kier alpha value is -0.190. The predicted octanol–water partition coefficient (Wildman–Crippen LogP) is 3.53. The Morgan fingerprint density at radius 3 is 2.88 bits per heavy atom. The lowest BCUT2D eigenvalue weighted by Crippen LogP contribution is -2.44. The number of thioether (sulfide) groups is 1. The van der Waals surface area contributed by atoms with Crippen molar-refractivity contribution in [3.8, 4) is 5.75 Å². The average Bonchev–Trinajstić information content (AvgIpc) is 2.29. The molecule has 2 aliphatic heterocycles. The zero-order valence-corrected chi connectivity index (χ0v) is 11.9. The van der Waals surface area contributed by atoms with E-state index in [2.05, 4.69) is 15.9 Å². The zero-order chi connectivity index (χ0) is 11.9. The molecule has 2 aliphatic rings. The summed E-state index contributed by atoms with van der Waals surface area (Å²) in [5.41, 5.74) is 0.801. The van der Waals surface area contributed by atoms with Crippen molar-refractivity contribution in [1.82, 2.24) is 0 Å². The van der Waals surface area contributed by atoms with Gasteiger partial charge in [-0.2, -0.15) is 11.8 Å². The predicted molar refractivity (Wildman–Crippen MR) is 73.6 cm³/mol. The van der Waals surface area contributed by atoms with Crippen molar-refractivity contribution in [2.75, 3.05) is 11.5 Å². The molecule has 0 bridgehead atoms. The first-order valence-electron chi connectivity index (χ1n) is 5.93. The van der Waals surface area contributed by atoms with Crippen LogP contribution in [0, 0.1) is 0 Å². The van der Waals surface area contributed by atoms with Crippen LogP contribution in [0.4, 0.5) is 0 Å². The number of rotatable bonds is 0. The highest BCUT2D eigenvalue weighted by molar-refractivity contribution is 9.10. The van der Waals surface area contributed by atoms with Crippen molar-refractivity contribution in [3.63, 3.8) is 0 Å². The van der Waals surface area contributed by atoms with Gasteiger partial charge in [0.1, 0.15) is 11.4 Å². The van der Waals surface area contributed by atoms with Crippen LogP contribution in [-0.4, -0.2) is 22.2 Å². The summed E-state index contributed by atoms with van der Waals surface area (Å²) in [6.45, 7) is 0. The van der Waals surface area contributed by atoms with E-state index in [9.17, 15) is 5.11 Å². The zero-order valence-electron chi connectivity index (χ0n) is 9.49. The normalized spacial score (nSPS) is 26.4. The van der Waals surface area contributed by atoms with Gasteiger partial charge in [-0.3, -0.25) is 0 Å². The second-order valence-electron chi connectivity index (χ2n) is 4.80. The van der Waals surface area contributed by atoms with Crippen LogP contribution in [0.15, 0.2) is 22.7 Å². The molecule has 1 saturated heterocycles. The molecule has 1 spiro atoms. The van der Waals surface area contributed by atoms with E-state index in [-0.39, 0.29) is 11.7 Å². The summed E-state index contributed by atoms with van der Waals surface area (Å²) in [6, 6.07) is 5.88. The molecule has 0 amide bonds. The Morgan fingerprint density at radius 1 is 1.35 bits per heavy atom. The molecule has 0 saturated carbocycles. The Balaban J connectivity index is 1.95. The van der Waals surface area contributed by atoms with Crippen LogP contribution < -0.4 is 4.74 Å². The van der Waals surface area contributed by atoms with Crippen molar-refractivity contribution >= 4 is 27.7 Å². The van der Waals surface area contributed by atoms with Crippen molar-refractivity contribution in [3.05, 3.63) is 28.2 Å². The largest absolute Gasteiger partial charge is 0.487 e. The molecular weight excluding hydrogens is 300 g/mol. The van der Waals surface area contributed by atoms with E-state index in [1.807, 2.05) is 30.0 Å². The van der Waals surface area contributed by atoms with E-state index in [0.29, 0.717) is 0 Å². The molecule has 1 fully saturated rings. The minimum absolute atomic E-state index is 0.127. The molecular formula is C13H15BrO2S. The van der Waals surface area contributed by atoms with Gasteiger partial charge in [-0.15, -0.1) is 0 Å². The summed E-state index contributed by atoms with van der Waals surface area (Å²) in [6.07, 6.45) is 2.44. The van der Waals surface area contributed by atoms with E-state index >= 15 is 0 Å². The quantitative estimate of drug-likeness (QED) is 0.794. The van der Waals surface area contributed by atoms with Crippen molar-refractivity contribution in [1.29, 1.82) is 0 Å². The molecule has 1 aromatic carbocycles. The molecule has 4 heteroatoms. The monoisotopic (exact) mass is 314 g/mol. The summed E-state index contributed by atoms with van der Waals surface area (Å²) < 4.78 is 7.21. The van der Waals surface area contributed by atoms with Gasteiger partial charge in [0.2, 0.25) is 0 Å². The molecule has 92 valence electrons. The second-order valence-corrected chi connectivity index (χ2v) is 6.94. The van der Waals surface area contributed by atoms with Gasteiger partial charge in [0, 0.05) is 16.5 Å². The number of benzene rings is 1. The molecule has 0 aromatic heterocycles. The summed E-state index contributed by atoms with van der Waals surface area (Å²) in [4.78, 5) is 0. The van der Waals surface area contributed by atoms with Gasteiger partial charge in [0.05, 0.1) is 6.10 Å². The minimum atomic E-state index is -0.380. The van der Waals surface area contributed by atoms with Crippen LogP contribution in [0.25, 0.3) is 0 Å². The Kier molecular flexibility index (Phi) is 3.13. The van der Waals surface area contributed by atoms with Gasteiger partial charge >= 0.3 is 0 Å². The van der Waals surface area contributed by atoms with Gasteiger partial charge in [0.25, 0.3) is 0 Å². The molecule has 0 radical (unpaired) electrons. The third-order valence-electron chi connectivity index (χ3n) is 3.63. The molecule has 2 heterocycles. The molecule has 2 nitrogen and oxygen atoms in total. The van der Waals surface area contributed by atoms with Crippen LogP contribution in [0.5, 0.6) is 5.75 Å². The first kappa shape index (κ1) is 11.9. The van der Waals surface area contributed by atoms with Crippen LogP contribution in [0.1, 0.15) is 30.9 Å². The highest BCUT2D eigenvalue weighted by atomic mass is 79.9. The fourth-order valence-electron chi connectivity index (χ4n) is 2.66. The van der Waals surface area contributed by atoms with Crippen molar-refractivity contribution in [2.45, 2.75) is 31.0 Å². The van der Waals surface area contributed by atoms with Crippen molar-refractivity contribution in [2.24, 2.45) is 0 Å². The third-order valence-corrected chi connectivity index (χ3v) is 5.11. The maximum Gasteiger partial charge on any atom is 0.127 e. The number of aliphatic hydroxyl groups is 1. The lowest BCUT2D eigenvalue weighted by molar-refractivity contribution is -0.0198. The maximum absolute atomic E-state index is 10.3. The smallest absolute Gasteiger partial charge is 0.127 e. The topological polar surface area (TPSA) is 29.5 Å². The van der Waals surface area contributed by atoms with Crippen LogP contribution >= 0.6 is 27.7 Å². The summed E-state index contributed by atoms with van der Waals surface area (Å²) in [7, 11) is 0. The van der Waals surface area contributed by atoms with Crippen LogP contribution in [0.3, 0.4) is 0 Å². The lowest BCUT2D eigenvalue weighted by Gasteiger charge is -2.43. The summed E-state index contributed by atoms with van der Waals surface area (Å²) in [5, 5.41) is 10.3. The van der Waals surface area contributed by atoms with E-state index in [1.54, 1.807) is 0 Å². The SMILES string of the molecule is O[C@H]1CC2(CCSCC2)Oc2cc(Br)ccc21. The van der Waals surface area contributed by atoms with Gasteiger partial charge in [-0.1, -0.05) is 22.0 Å².